The molecule has 0 aliphatic carbocycles. The van der Waals surface area contributed by atoms with Gasteiger partial charge in [-0.15, -0.1) is 0 Å². The van der Waals surface area contributed by atoms with E-state index in [2.05, 4.69) is 38.7 Å². The van der Waals surface area contributed by atoms with Crippen LogP contribution in [0.25, 0.3) is 0 Å². The van der Waals surface area contributed by atoms with Crippen LogP contribution in [0.5, 0.6) is 0 Å². The van der Waals surface area contributed by atoms with Gasteiger partial charge in [-0.1, -0.05) is 59.3 Å². The number of hydrogen-bond donors (Lipinski definition) is 0. The molecule has 0 aromatic rings. The predicted octanol–water partition coefficient (Wildman–Crippen LogP) is 2.23. The zero-order valence-corrected chi connectivity index (χ0v) is 14.0. The first-order valence-electron chi connectivity index (χ1n) is 7.91. The molecule has 0 aromatic carbocycles. The fraction of sp³-hybridized carbons (Fsp3) is 0.824. The molecule has 0 unspecified atom stereocenters. The van der Waals surface area contributed by atoms with E-state index in [1.165, 1.54) is 70.0 Å². The summed E-state index contributed by atoms with van der Waals surface area (Å²) in [5.41, 5.74) is 1.20. The van der Waals surface area contributed by atoms with Crippen LogP contribution in [0.3, 0.4) is 0 Å². The maximum atomic E-state index is 3.96. The van der Waals surface area contributed by atoms with Crippen LogP contribution in [-0.2, 0) is 0 Å². The van der Waals surface area contributed by atoms with E-state index in [0.717, 1.165) is 6.54 Å². The van der Waals surface area contributed by atoms with Gasteiger partial charge in [-0.3, -0.25) is 0 Å². The van der Waals surface area contributed by atoms with E-state index in [1.807, 2.05) is 0 Å². The molecule has 0 atom stereocenters. The van der Waals surface area contributed by atoms with Crippen molar-refractivity contribution in [3.05, 3.63) is 18.6 Å². The molecule has 0 saturated carbocycles. The molecule has 0 aliphatic heterocycles. The molecule has 0 spiro atoms. The molecular formula is C17H34LiN. The Kier molecular flexibility index (Phi) is 18.3. The van der Waals surface area contributed by atoms with Crippen molar-refractivity contribution in [1.29, 1.82) is 0 Å². The van der Waals surface area contributed by atoms with Crippen LogP contribution in [0.1, 0.15) is 72.1 Å². The summed E-state index contributed by atoms with van der Waals surface area (Å²) in [6.07, 6.45) is 13.2. The van der Waals surface area contributed by atoms with Gasteiger partial charge in [-0.05, 0) is 32.5 Å². The number of unbranched alkanes of at least 4 members (excludes halogenated alkanes) is 6. The Morgan fingerprint density at radius 1 is 0.895 bits per heavy atom. The van der Waals surface area contributed by atoms with E-state index in [-0.39, 0.29) is 18.9 Å². The van der Waals surface area contributed by atoms with Crippen molar-refractivity contribution in [2.45, 2.75) is 72.1 Å². The second-order valence-electron chi connectivity index (χ2n) is 5.47. The summed E-state index contributed by atoms with van der Waals surface area (Å²) in [6.45, 7) is 14.2. The molecule has 0 bridgehead atoms. The van der Waals surface area contributed by atoms with Gasteiger partial charge >= 0.3 is 18.9 Å². The van der Waals surface area contributed by atoms with Crippen LogP contribution in [0.15, 0.2) is 11.6 Å². The molecule has 1 nitrogen and oxygen atoms in total. The Bertz CT molecular complexity index is 185. The zero-order chi connectivity index (χ0) is 13.6. The van der Waals surface area contributed by atoms with Gasteiger partial charge in [0.1, 0.15) is 0 Å². The first kappa shape index (κ1) is 21.5. The van der Waals surface area contributed by atoms with Gasteiger partial charge in [0.05, 0.1) is 0 Å². The quantitative estimate of drug-likeness (QED) is 0.295. The fourth-order valence-electron chi connectivity index (χ4n) is 2.10. The molecular weight excluding hydrogens is 225 g/mol. The maximum absolute atomic E-state index is 3.96. The van der Waals surface area contributed by atoms with Gasteiger partial charge in [-0.25, -0.2) is 18.6 Å². The summed E-state index contributed by atoms with van der Waals surface area (Å²) in [5, 5.41) is 0. The molecule has 108 valence electrons. The predicted molar refractivity (Wildman–Crippen MR) is 83.8 cm³/mol. The zero-order valence-electron chi connectivity index (χ0n) is 14.0. The van der Waals surface area contributed by atoms with E-state index in [0.29, 0.717) is 0 Å². The number of hydrogen-bond acceptors (Lipinski definition) is 1. The first-order valence-corrected chi connectivity index (χ1v) is 7.91. The van der Waals surface area contributed by atoms with Gasteiger partial charge in [0, 0.05) is 0 Å². The van der Waals surface area contributed by atoms with E-state index in [4.69, 9.17) is 0 Å². The SMILES string of the molecule is [CH2-]C(C)=CCN(CCCCCC)CCCCCC.[Li+]. The van der Waals surface area contributed by atoms with Gasteiger partial charge in [0.2, 0.25) is 0 Å². The first-order chi connectivity index (χ1) is 8.70. The van der Waals surface area contributed by atoms with Crippen LogP contribution in [-0.4, -0.2) is 24.5 Å². The molecule has 0 radical (unpaired) electrons. The van der Waals surface area contributed by atoms with Crippen molar-refractivity contribution in [3.63, 3.8) is 0 Å². The molecule has 0 amide bonds. The molecule has 0 fully saturated rings. The molecule has 19 heavy (non-hydrogen) atoms. The average Bonchev–Trinajstić information content (AvgIpc) is 2.35. The number of rotatable bonds is 12. The van der Waals surface area contributed by atoms with E-state index >= 15 is 0 Å². The third kappa shape index (κ3) is 16.1. The van der Waals surface area contributed by atoms with E-state index in [1.54, 1.807) is 0 Å². The maximum Gasteiger partial charge on any atom is 1.00 e. The summed E-state index contributed by atoms with van der Waals surface area (Å²) in [7, 11) is 0. The Labute approximate surface area is 134 Å². The summed E-state index contributed by atoms with van der Waals surface area (Å²) in [5.74, 6) is 0. The molecule has 0 aromatic heterocycles. The molecule has 0 N–H and O–H groups in total. The van der Waals surface area contributed by atoms with Gasteiger partial charge in [-0.2, -0.15) is 0 Å². The normalized spacial score (nSPS) is 11.7. The Balaban J connectivity index is 0. The average molecular weight is 259 g/mol. The third-order valence-electron chi connectivity index (χ3n) is 3.35. The Morgan fingerprint density at radius 3 is 1.74 bits per heavy atom. The summed E-state index contributed by atoms with van der Waals surface area (Å²) in [4.78, 5) is 2.60. The van der Waals surface area contributed by atoms with Gasteiger partial charge < -0.3 is 4.90 Å². The minimum atomic E-state index is 0. The van der Waals surface area contributed by atoms with Gasteiger partial charge in [0.15, 0.2) is 0 Å². The van der Waals surface area contributed by atoms with E-state index in [9.17, 15) is 0 Å². The number of allylic oxidation sites excluding steroid dienone is 1. The standard InChI is InChI=1S/C17H34N.Li/c1-5-7-9-11-14-18(16-13-17(3)4)15-12-10-8-6-2;/h13H,3,5-12,14-16H2,1-2,4H3;/q-1;+1. The minimum absolute atomic E-state index is 0. The van der Waals surface area contributed by atoms with Crippen LogP contribution in [0.2, 0.25) is 0 Å². The molecule has 0 aliphatic rings. The minimum Gasteiger partial charge on any atom is -0.316 e. The van der Waals surface area contributed by atoms with Crippen LogP contribution in [0.4, 0.5) is 0 Å². The monoisotopic (exact) mass is 259 g/mol. The van der Waals surface area contributed by atoms with Crippen molar-refractivity contribution < 1.29 is 18.9 Å². The van der Waals surface area contributed by atoms with Crippen molar-refractivity contribution in [2.75, 3.05) is 19.6 Å². The third-order valence-corrected chi connectivity index (χ3v) is 3.35. The summed E-state index contributed by atoms with van der Waals surface area (Å²) >= 11 is 0. The van der Waals surface area contributed by atoms with Crippen molar-refractivity contribution >= 4 is 0 Å². The fourth-order valence-corrected chi connectivity index (χ4v) is 2.10. The molecule has 0 heterocycles. The number of nitrogens with zero attached hydrogens (tertiary/aromatic N) is 1. The van der Waals surface area contributed by atoms with Crippen molar-refractivity contribution in [2.24, 2.45) is 0 Å². The molecule has 2 heteroatoms. The largest absolute Gasteiger partial charge is 1.00 e. The smallest absolute Gasteiger partial charge is 0.316 e. The van der Waals surface area contributed by atoms with Crippen molar-refractivity contribution in [3.8, 4) is 0 Å². The van der Waals surface area contributed by atoms with Gasteiger partial charge in [0.25, 0.3) is 0 Å². The molecule has 0 saturated heterocycles. The summed E-state index contributed by atoms with van der Waals surface area (Å²) < 4.78 is 0. The second-order valence-corrected chi connectivity index (χ2v) is 5.47. The van der Waals surface area contributed by atoms with Crippen LogP contribution >= 0.6 is 0 Å². The van der Waals surface area contributed by atoms with Crippen LogP contribution < -0.4 is 18.9 Å². The Hall–Kier alpha value is 0.167. The van der Waals surface area contributed by atoms with Crippen LogP contribution in [0, 0.1) is 6.92 Å². The van der Waals surface area contributed by atoms with Crippen molar-refractivity contribution in [1.82, 2.24) is 4.90 Å². The molecule has 0 rings (SSSR count). The second kappa shape index (κ2) is 16.2. The summed E-state index contributed by atoms with van der Waals surface area (Å²) in [6, 6.07) is 0. The van der Waals surface area contributed by atoms with E-state index < -0.39 is 0 Å². The Morgan fingerprint density at radius 2 is 1.37 bits per heavy atom. The topological polar surface area (TPSA) is 3.24 Å².